The summed E-state index contributed by atoms with van der Waals surface area (Å²) in [4.78, 5) is 11.8. The van der Waals surface area contributed by atoms with E-state index in [0.29, 0.717) is 17.4 Å². The van der Waals surface area contributed by atoms with E-state index in [0.717, 1.165) is 18.7 Å². The van der Waals surface area contributed by atoms with Crippen LogP contribution in [0.25, 0.3) is 0 Å². The van der Waals surface area contributed by atoms with Crippen molar-refractivity contribution in [3.8, 4) is 5.75 Å². The summed E-state index contributed by atoms with van der Waals surface area (Å²) in [5.74, 6) is 1.25. The zero-order valence-electron chi connectivity index (χ0n) is 14.4. The summed E-state index contributed by atoms with van der Waals surface area (Å²) in [6, 6.07) is 5.59. The Morgan fingerprint density at radius 2 is 1.95 bits per heavy atom. The molecule has 0 heterocycles. The van der Waals surface area contributed by atoms with E-state index in [1.165, 1.54) is 0 Å². The van der Waals surface area contributed by atoms with E-state index in [4.69, 9.17) is 9.47 Å². The molecule has 0 aromatic heterocycles. The molecule has 0 aliphatic heterocycles. The predicted octanol–water partition coefficient (Wildman–Crippen LogP) is 4.50. The molecule has 5 nitrogen and oxygen atoms in total. The first-order valence-electron chi connectivity index (χ1n) is 7.63. The minimum atomic E-state index is -0.532. The Bertz CT molecular complexity index is 493. The van der Waals surface area contributed by atoms with Gasteiger partial charge in [0.2, 0.25) is 0 Å². The van der Waals surface area contributed by atoms with Gasteiger partial charge in [-0.2, -0.15) is 0 Å². The molecule has 1 aromatic rings. The summed E-state index contributed by atoms with van der Waals surface area (Å²) in [6.45, 7) is 10.8. The summed E-state index contributed by atoms with van der Waals surface area (Å²) in [5.41, 5.74) is 1.02. The Morgan fingerprint density at radius 1 is 1.27 bits per heavy atom. The van der Waals surface area contributed by atoms with E-state index in [1.54, 1.807) is 13.2 Å². The number of amides is 1. The molecule has 1 rings (SSSR count). The average Bonchev–Trinajstić information content (AvgIpc) is 2.37. The van der Waals surface area contributed by atoms with Crippen molar-refractivity contribution in [1.29, 1.82) is 0 Å². The summed E-state index contributed by atoms with van der Waals surface area (Å²) in [7, 11) is 1.58. The van der Waals surface area contributed by atoms with Crippen LogP contribution in [-0.2, 0) is 4.74 Å². The topological polar surface area (TPSA) is 59.6 Å². The van der Waals surface area contributed by atoms with Gasteiger partial charge in [-0.15, -0.1) is 0 Å². The Kier molecular flexibility index (Phi) is 6.53. The van der Waals surface area contributed by atoms with Crippen molar-refractivity contribution < 1.29 is 14.3 Å². The number of ether oxygens (including phenoxy) is 2. The minimum absolute atomic E-state index is 0.494. The number of carbonyl (C=O) groups is 1. The fourth-order valence-corrected chi connectivity index (χ4v) is 1.82. The number of hydrogen-bond acceptors (Lipinski definition) is 4. The van der Waals surface area contributed by atoms with Gasteiger partial charge < -0.3 is 14.8 Å². The molecule has 0 atom stereocenters. The smallest absolute Gasteiger partial charge is 0.412 e. The molecule has 1 aromatic carbocycles. The quantitative estimate of drug-likeness (QED) is 0.812. The van der Waals surface area contributed by atoms with Gasteiger partial charge in [0.1, 0.15) is 11.4 Å². The molecule has 0 fully saturated rings. The van der Waals surface area contributed by atoms with E-state index in [9.17, 15) is 4.79 Å². The lowest BCUT2D eigenvalue weighted by atomic mass is 10.1. The molecule has 0 spiro atoms. The second-order valence-electron chi connectivity index (χ2n) is 6.65. The second-order valence-corrected chi connectivity index (χ2v) is 6.65. The van der Waals surface area contributed by atoms with E-state index < -0.39 is 11.7 Å². The third-order valence-electron chi connectivity index (χ3n) is 2.89. The van der Waals surface area contributed by atoms with Crippen molar-refractivity contribution in [2.24, 2.45) is 5.92 Å². The van der Waals surface area contributed by atoms with E-state index in [-0.39, 0.29) is 0 Å². The van der Waals surface area contributed by atoms with Gasteiger partial charge in [-0.1, -0.05) is 13.8 Å². The number of anilines is 2. The van der Waals surface area contributed by atoms with Crippen LogP contribution in [0.2, 0.25) is 0 Å². The zero-order valence-corrected chi connectivity index (χ0v) is 14.4. The van der Waals surface area contributed by atoms with Gasteiger partial charge in [-0.05, 0) is 45.2 Å². The average molecular weight is 308 g/mol. The molecule has 0 radical (unpaired) electrons. The normalized spacial score (nSPS) is 11.2. The lowest BCUT2D eigenvalue weighted by Crippen LogP contribution is -2.27. The Labute approximate surface area is 133 Å². The van der Waals surface area contributed by atoms with Crippen LogP contribution in [-0.4, -0.2) is 25.3 Å². The maximum absolute atomic E-state index is 11.8. The molecule has 5 heteroatoms. The maximum atomic E-state index is 11.8. The van der Waals surface area contributed by atoms with Gasteiger partial charge in [0.15, 0.2) is 0 Å². The molecule has 124 valence electrons. The molecule has 22 heavy (non-hydrogen) atoms. The van der Waals surface area contributed by atoms with Gasteiger partial charge in [0.05, 0.1) is 12.8 Å². The Morgan fingerprint density at radius 3 is 2.50 bits per heavy atom. The molecule has 1 amide bonds. The lowest BCUT2D eigenvalue weighted by molar-refractivity contribution is 0.0635. The molecule has 0 bridgehead atoms. The first-order chi connectivity index (χ1) is 10.2. The number of benzene rings is 1. The van der Waals surface area contributed by atoms with Crippen molar-refractivity contribution in [2.75, 3.05) is 24.3 Å². The number of carbonyl (C=O) groups excluding carboxylic acids is 1. The van der Waals surface area contributed by atoms with Crippen molar-refractivity contribution in [2.45, 2.75) is 46.6 Å². The van der Waals surface area contributed by atoms with Crippen LogP contribution in [0.1, 0.15) is 41.0 Å². The third-order valence-corrected chi connectivity index (χ3v) is 2.89. The summed E-state index contributed by atoms with van der Waals surface area (Å²) in [6.07, 6.45) is 0.603. The highest BCUT2D eigenvalue weighted by Gasteiger charge is 2.17. The Hall–Kier alpha value is -1.91. The maximum Gasteiger partial charge on any atom is 0.412 e. The van der Waals surface area contributed by atoms with Gasteiger partial charge in [0.25, 0.3) is 0 Å². The largest absolute Gasteiger partial charge is 0.494 e. The third kappa shape index (κ3) is 6.70. The molecule has 2 N–H and O–H groups in total. The molecule has 0 aliphatic rings. The van der Waals surface area contributed by atoms with Gasteiger partial charge in [0, 0.05) is 18.3 Å². The molecular weight excluding hydrogens is 280 g/mol. The second kappa shape index (κ2) is 7.92. The lowest BCUT2D eigenvalue weighted by Gasteiger charge is -2.20. The van der Waals surface area contributed by atoms with Crippen molar-refractivity contribution in [3.05, 3.63) is 18.2 Å². The minimum Gasteiger partial charge on any atom is -0.494 e. The number of methoxy groups -OCH3 is 1. The van der Waals surface area contributed by atoms with E-state index >= 15 is 0 Å². The van der Waals surface area contributed by atoms with Crippen molar-refractivity contribution in [3.63, 3.8) is 0 Å². The molecule has 0 aliphatic carbocycles. The molecule has 0 unspecified atom stereocenters. The SMILES string of the molecule is COc1cc(NCCC(C)C)ccc1NC(=O)OC(C)(C)C. The molecule has 0 saturated carbocycles. The number of rotatable bonds is 6. The number of hydrogen-bond donors (Lipinski definition) is 2. The summed E-state index contributed by atoms with van der Waals surface area (Å²) < 4.78 is 10.6. The predicted molar refractivity (Wildman–Crippen MR) is 90.8 cm³/mol. The monoisotopic (exact) mass is 308 g/mol. The fraction of sp³-hybridized carbons (Fsp3) is 0.588. The summed E-state index contributed by atoms with van der Waals surface area (Å²) >= 11 is 0. The van der Waals surface area contributed by atoms with Gasteiger partial charge in [-0.25, -0.2) is 4.79 Å². The highest BCUT2D eigenvalue weighted by Crippen LogP contribution is 2.28. The highest BCUT2D eigenvalue weighted by atomic mass is 16.6. The van der Waals surface area contributed by atoms with Crippen LogP contribution in [0.15, 0.2) is 18.2 Å². The molecule has 0 saturated heterocycles. The fourth-order valence-electron chi connectivity index (χ4n) is 1.82. The van der Waals surface area contributed by atoms with Gasteiger partial charge in [-0.3, -0.25) is 5.32 Å². The first kappa shape index (κ1) is 18.1. The zero-order chi connectivity index (χ0) is 16.8. The van der Waals surface area contributed by atoms with Crippen molar-refractivity contribution in [1.82, 2.24) is 0 Å². The van der Waals surface area contributed by atoms with Crippen LogP contribution >= 0.6 is 0 Å². The van der Waals surface area contributed by atoms with E-state index in [2.05, 4.69) is 24.5 Å². The van der Waals surface area contributed by atoms with Crippen LogP contribution in [0.3, 0.4) is 0 Å². The van der Waals surface area contributed by atoms with Crippen LogP contribution in [0.5, 0.6) is 5.75 Å². The van der Waals surface area contributed by atoms with Crippen LogP contribution in [0.4, 0.5) is 16.2 Å². The van der Waals surface area contributed by atoms with Crippen LogP contribution in [0, 0.1) is 5.92 Å². The van der Waals surface area contributed by atoms with Crippen molar-refractivity contribution >= 4 is 17.5 Å². The highest BCUT2D eigenvalue weighted by molar-refractivity contribution is 5.87. The molecular formula is C17H28N2O3. The van der Waals surface area contributed by atoms with E-state index in [1.807, 2.05) is 32.9 Å². The van der Waals surface area contributed by atoms with Gasteiger partial charge >= 0.3 is 6.09 Å². The number of nitrogens with one attached hydrogen (secondary N) is 2. The van der Waals surface area contributed by atoms with Crippen LogP contribution < -0.4 is 15.4 Å². The summed E-state index contributed by atoms with van der Waals surface area (Å²) in [5, 5.41) is 6.05. The first-order valence-corrected chi connectivity index (χ1v) is 7.63. The Balaban J connectivity index is 2.70. The standard InChI is InChI=1S/C17H28N2O3/c1-12(2)9-10-18-13-7-8-14(15(11-13)21-6)19-16(20)22-17(3,4)5/h7-8,11-12,18H,9-10H2,1-6H3,(H,19,20).